The number of piperidine rings is 1. The number of rotatable bonds is 6. The minimum atomic E-state index is -0.433. The van der Waals surface area contributed by atoms with E-state index in [0.717, 1.165) is 43.6 Å². The topological polar surface area (TPSA) is 99.3 Å². The number of methoxy groups -OCH3 is 4. The predicted octanol–water partition coefficient (Wildman–Crippen LogP) is 4.54. The number of carbonyl (C=O) groups excluding carboxylic acids is 2. The van der Waals surface area contributed by atoms with Crippen molar-refractivity contribution in [3.05, 3.63) is 53.2 Å². The molecule has 3 heterocycles. The number of benzene rings is 2. The molecule has 1 N–H and O–H groups in total. The maximum absolute atomic E-state index is 13.1. The second-order valence-corrected chi connectivity index (χ2v) is 11.0. The summed E-state index contributed by atoms with van der Waals surface area (Å²) in [6.45, 7) is 1.81. The third kappa shape index (κ3) is 4.56. The van der Waals surface area contributed by atoms with Crippen LogP contribution in [0.25, 0.3) is 10.9 Å². The summed E-state index contributed by atoms with van der Waals surface area (Å²) in [6, 6.07) is 11.4. The van der Waals surface area contributed by atoms with Crippen molar-refractivity contribution in [2.45, 2.75) is 37.8 Å². The van der Waals surface area contributed by atoms with E-state index in [1.165, 1.54) is 30.9 Å². The third-order valence-electron chi connectivity index (χ3n) is 9.14. The number of nitrogens with zero attached hydrogens (tertiary/aromatic N) is 1. The normalized spacial score (nSPS) is 25.8. The molecule has 0 spiro atoms. The molecule has 212 valence electrons. The Kier molecular flexibility index (Phi) is 7.08. The fraction of sp³-hybridized carbons (Fsp3) is 0.484. The van der Waals surface area contributed by atoms with Crippen LogP contribution in [0.1, 0.15) is 46.9 Å². The van der Waals surface area contributed by atoms with Crippen molar-refractivity contribution in [1.82, 2.24) is 9.88 Å². The first-order valence-electron chi connectivity index (χ1n) is 13.9. The first-order valence-corrected chi connectivity index (χ1v) is 13.9. The van der Waals surface area contributed by atoms with Gasteiger partial charge in [-0.1, -0.05) is 0 Å². The number of aromatic amines is 1. The van der Waals surface area contributed by atoms with Gasteiger partial charge in [0.25, 0.3) is 0 Å². The van der Waals surface area contributed by atoms with Gasteiger partial charge in [-0.2, -0.15) is 0 Å². The number of ether oxygens (including phenoxy) is 5. The smallest absolute Gasteiger partial charge is 0.338 e. The summed E-state index contributed by atoms with van der Waals surface area (Å²) in [5, 5.41) is 1.24. The number of hydrogen-bond acceptors (Lipinski definition) is 8. The highest BCUT2D eigenvalue weighted by Crippen LogP contribution is 2.50. The fourth-order valence-electron chi connectivity index (χ4n) is 7.24. The molecule has 3 aliphatic rings. The summed E-state index contributed by atoms with van der Waals surface area (Å²) in [4.78, 5) is 32.4. The van der Waals surface area contributed by atoms with Crippen molar-refractivity contribution < 1.29 is 33.3 Å². The van der Waals surface area contributed by atoms with E-state index in [9.17, 15) is 9.59 Å². The summed E-state index contributed by atoms with van der Waals surface area (Å²) in [5.74, 6) is 1.22. The van der Waals surface area contributed by atoms with Crippen LogP contribution >= 0.6 is 0 Å². The Morgan fingerprint density at radius 2 is 1.75 bits per heavy atom. The Morgan fingerprint density at radius 3 is 2.50 bits per heavy atom. The van der Waals surface area contributed by atoms with Crippen LogP contribution in [0, 0.1) is 17.8 Å². The van der Waals surface area contributed by atoms with Crippen molar-refractivity contribution in [3.8, 4) is 17.2 Å². The molecule has 2 aliphatic heterocycles. The highest BCUT2D eigenvalue weighted by atomic mass is 16.5. The lowest BCUT2D eigenvalue weighted by atomic mass is 9.65. The Labute approximate surface area is 233 Å². The number of fused-ring (bicyclic) bond motifs is 6. The summed E-state index contributed by atoms with van der Waals surface area (Å²) >= 11 is 0. The van der Waals surface area contributed by atoms with E-state index in [0.29, 0.717) is 23.5 Å². The van der Waals surface area contributed by atoms with Gasteiger partial charge in [-0.3, -0.25) is 9.69 Å². The van der Waals surface area contributed by atoms with E-state index in [2.05, 4.69) is 22.0 Å². The Bertz CT molecular complexity index is 1430. The largest absolute Gasteiger partial charge is 0.497 e. The lowest BCUT2D eigenvalue weighted by Gasteiger charge is -2.51. The monoisotopic (exact) mass is 548 g/mol. The molecule has 1 aliphatic carbocycles. The van der Waals surface area contributed by atoms with E-state index in [4.69, 9.17) is 23.7 Å². The highest BCUT2D eigenvalue weighted by Gasteiger charge is 2.49. The molecule has 1 saturated carbocycles. The quantitative estimate of drug-likeness (QED) is 0.449. The Balaban J connectivity index is 1.23. The van der Waals surface area contributed by atoms with E-state index in [1.54, 1.807) is 32.4 Å². The van der Waals surface area contributed by atoms with Crippen molar-refractivity contribution in [2.75, 3.05) is 41.5 Å². The van der Waals surface area contributed by atoms with Crippen LogP contribution in [0.3, 0.4) is 0 Å². The molecular formula is C31H36N2O7. The average molecular weight is 549 g/mol. The predicted molar refractivity (Wildman–Crippen MR) is 148 cm³/mol. The molecule has 0 amide bonds. The average Bonchev–Trinajstić information content (AvgIpc) is 3.37. The zero-order valence-electron chi connectivity index (χ0n) is 23.4. The fourth-order valence-corrected chi connectivity index (χ4v) is 7.24. The molecule has 6 rings (SSSR count). The SMILES string of the molecule is COC(=O)[C@@H]1C[C@H](OC(=O)c2ccc(OC)c(OC)c2)C[C@@H]2CN3CCc4c([nH]c5cc(OC)ccc45)[C@H]3CC21. The van der Waals surface area contributed by atoms with E-state index in [-0.39, 0.29) is 35.9 Å². The lowest BCUT2D eigenvalue weighted by molar-refractivity contribution is -0.155. The van der Waals surface area contributed by atoms with Crippen LogP contribution in [0.4, 0.5) is 0 Å². The standard InChI is InChI=1S/C31H36N2O7/c1-36-19-6-7-21-22-9-10-33-16-18-11-20(40-30(34)17-5-8-27(37-2)28(12-17)38-3)13-24(31(35)39-4)23(18)15-26(33)29(22)32-25(21)14-19/h5-8,12,14,18,20,23-24,26,32H,9-11,13,15-16H2,1-4H3/t18-,20-,23?,24-,26-/m1/s1. The molecule has 40 heavy (non-hydrogen) atoms. The van der Waals surface area contributed by atoms with E-state index < -0.39 is 5.97 Å². The molecule has 2 aromatic carbocycles. The Hall–Kier alpha value is -3.72. The summed E-state index contributed by atoms with van der Waals surface area (Å²) in [6.07, 6.45) is 2.63. The van der Waals surface area contributed by atoms with Gasteiger partial charge in [-0.15, -0.1) is 0 Å². The number of aromatic nitrogens is 1. The van der Waals surface area contributed by atoms with Crippen molar-refractivity contribution in [3.63, 3.8) is 0 Å². The number of carbonyl (C=O) groups is 2. The molecule has 3 aromatic rings. The molecule has 1 saturated heterocycles. The number of hydrogen-bond donors (Lipinski definition) is 1. The number of H-pyrrole nitrogens is 1. The van der Waals surface area contributed by atoms with Crippen LogP contribution in [-0.2, 0) is 20.7 Å². The first-order chi connectivity index (χ1) is 19.4. The van der Waals surface area contributed by atoms with Gasteiger partial charge in [-0.05, 0) is 73.4 Å². The first kappa shape index (κ1) is 26.5. The molecule has 2 fully saturated rings. The second-order valence-electron chi connectivity index (χ2n) is 11.0. The van der Waals surface area contributed by atoms with Crippen LogP contribution in [-0.4, -0.2) is 69.5 Å². The minimum absolute atomic E-state index is 0.150. The lowest BCUT2D eigenvalue weighted by Crippen LogP contribution is -2.52. The second kappa shape index (κ2) is 10.7. The van der Waals surface area contributed by atoms with Crippen molar-refractivity contribution in [2.24, 2.45) is 17.8 Å². The molecular weight excluding hydrogens is 512 g/mol. The molecule has 5 atom stereocenters. The number of esters is 2. The Morgan fingerprint density at radius 1 is 0.925 bits per heavy atom. The maximum atomic E-state index is 13.1. The van der Waals surface area contributed by atoms with Gasteiger partial charge in [0.2, 0.25) is 0 Å². The molecule has 9 heteroatoms. The van der Waals surface area contributed by atoms with Crippen molar-refractivity contribution in [1.29, 1.82) is 0 Å². The molecule has 0 radical (unpaired) electrons. The van der Waals surface area contributed by atoms with Gasteiger partial charge in [0.15, 0.2) is 11.5 Å². The summed E-state index contributed by atoms with van der Waals surface area (Å²) < 4.78 is 27.3. The van der Waals surface area contributed by atoms with Crippen LogP contribution < -0.4 is 14.2 Å². The third-order valence-corrected chi connectivity index (χ3v) is 9.14. The highest BCUT2D eigenvalue weighted by molar-refractivity contribution is 5.90. The van der Waals surface area contributed by atoms with Gasteiger partial charge >= 0.3 is 11.9 Å². The van der Waals surface area contributed by atoms with Gasteiger partial charge < -0.3 is 28.7 Å². The van der Waals surface area contributed by atoms with Crippen LogP contribution in [0.2, 0.25) is 0 Å². The van der Waals surface area contributed by atoms with Crippen LogP contribution in [0.15, 0.2) is 36.4 Å². The van der Waals surface area contributed by atoms with Gasteiger partial charge in [0.1, 0.15) is 11.9 Å². The van der Waals surface area contributed by atoms with E-state index >= 15 is 0 Å². The number of nitrogens with one attached hydrogen (secondary N) is 1. The minimum Gasteiger partial charge on any atom is -0.497 e. The maximum Gasteiger partial charge on any atom is 0.338 e. The molecule has 1 unspecified atom stereocenters. The van der Waals surface area contributed by atoms with Gasteiger partial charge in [-0.25, -0.2) is 4.79 Å². The van der Waals surface area contributed by atoms with Gasteiger partial charge in [0.05, 0.1) is 46.0 Å². The zero-order valence-corrected chi connectivity index (χ0v) is 23.4. The zero-order chi connectivity index (χ0) is 28.0. The molecule has 0 bridgehead atoms. The molecule has 9 nitrogen and oxygen atoms in total. The summed E-state index contributed by atoms with van der Waals surface area (Å²) in [7, 11) is 6.20. The van der Waals surface area contributed by atoms with Crippen molar-refractivity contribution >= 4 is 22.8 Å². The summed E-state index contributed by atoms with van der Waals surface area (Å²) in [5.41, 5.74) is 4.09. The van der Waals surface area contributed by atoms with Gasteiger partial charge in [0, 0.05) is 35.8 Å². The van der Waals surface area contributed by atoms with Crippen LogP contribution in [0.5, 0.6) is 17.2 Å². The van der Waals surface area contributed by atoms with E-state index in [1.807, 2.05) is 6.07 Å². The molecule has 1 aromatic heterocycles.